The fraction of sp³-hybridized carbons (Fsp3) is 0.706. The van der Waals surface area contributed by atoms with Gasteiger partial charge in [-0.1, -0.05) is 41.5 Å². The van der Waals surface area contributed by atoms with Crippen molar-refractivity contribution in [3.8, 4) is 0 Å². The molecule has 0 aromatic carbocycles. The minimum atomic E-state index is -0.0294. The van der Waals surface area contributed by atoms with Crippen LogP contribution in [0.4, 0.5) is 0 Å². The van der Waals surface area contributed by atoms with Gasteiger partial charge in [-0.05, 0) is 17.9 Å². The number of furan rings is 1. The smallest absolute Gasteiger partial charge is 0.141 e. The molecule has 0 saturated heterocycles. The highest BCUT2D eigenvalue weighted by atomic mass is 16.3. The Morgan fingerprint density at radius 2 is 1.53 bits per heavy atom. The fourth-order valence-electron chi connectivity index (χ4n) is 3.63. The van der Waals surface area contributed by atoms with Gasteiger partial charge in [0.05, 0.1) is 0 Å². The lowest BCUT2D eigenvalue weighted by Crippen LogP contribution is -2.33. The average Bonchev–Trinajstić information content (AvgIpc) is 2.66. The molecule has 19 heavy (non-hydrogen) atoms. The Morgan fingerprint density at radius 1 is 0.947 bits per heavy atom. The SMILES string of the molecule is CC(C)(C)c1oc(C(C)(C)C)c2c1CC1CC(=O)C21. The van der Waals surface area contributed by atoms with Crippen molar-refractivity contribution in [2.24, 2.45) is 5.92 Å². The molecule has 2 atom stereocenters. The van der Waals surface area contributed by atoms with E-state index in [1.807, 2.05) is 0 Å². The number of fused-ring (bicyclic) bond motifs is 3. The molecule has 3 rings (SSSR count). The van der Waals surface area contributed by atoms with E-state index >= 15 is 0 Å². The molecule has 1 aromatic heterocycles. The highest BCUT2D eigenvalue weighted by molar-refractivity contribution is 5.94. The first-order valence-electron chi connectivity index (χ1n) is 7.30. The van der Waals surface area contributed by atoms with Crippen molar-refractivity contribution in [1.29, 1.82) is 0 Å². The lowest BCUT2D eigenvalue weighted by atomic mass is 9.71. The Kier molecular flexibility index (Phi) is 2.41. The van der Waals surface area contributed by atoms with Crippen molar-refractivity contribution in [2.75, 3.05) is 0 Å². The summed E-state index contributed by atoms with van der Waals surface area (Å²) in [6, 6.07) is 0. The molecular weight excluding hydrogens is 236 g/mol. The summed E-state index contributed by atoms with van der Waals surface area (Å²) >= 11 is 0. The number of rotatable bonds is 0. The third-order valence-electron chi connectivity index (χ3n) is 4.47. The van der Waals surface area contributed by atoms with E-state index in [-0.39, 0.29) is 16.7 Å². The molecule has 2 heteroatoms. The minimum absolute atomic E-state index is 0.0143. The van der Waals surface area contributed by atoms with Crippen LogP contribution in [-0.2, 0) is 22.0 Å². The quantitative estimate of drug-likeness (QED) is 0.703. The van der Waals surface area contributed by atoms with E-state index in [1.165, 1.54) is 11.1 Å². The van der Waals surface area contributed by atoms with Gasteiger partial charge in [0.15, 0.2) is 0 Å². The molecule has 2 nitrogen and oxygen atoms in total. The summed E-state index contributed by atoms with van der Waals surface area (Å²) in [4.78, 5) is 12.0. The van der Waals surface area contributed by atoms with E-state index in [9.17, 15) is 4.79 Å². The van der Waals surface area contributed by atoms with E-state index < -0.39 is 0 Å². The van der Waals surface area contributed by atoms with E-state index in [0.717, 1.165) is 24.4 Å². The molecule has 2 unspecified atom stereocenters. The first-order chi connectivity index (χ1) is 8.60. The van der Waals surface area contributed by atoms with E-state index in [0.29, 0.717) is 11.7 Å². The summed E-state index contributed by atoms with van der Waals surface area (Å²) in [5.74, 6) is 3.26. The maximum atomic E-state index is 12.0. The van der Waals surface area contributed by atoms with Crippen LogP contribution in [0.3, 0.4) is 0 Å². The summed E-state index contributed by atoms with van der Waals surface area (Å²) in [7, 11) is 0. The van der Waals surface area contributed by atoms with Crippen molar-refractivity contribution in [2.45, 2.75) is 71.1 Å². The standard InChI is InChI=1S/C17H24O2/c1-16(2,3)14-10-7-9-8-11(18)12(9)13(10)15(19-14)17(4,5)6/h9,12H,7-8H2,1-6H3. The van der Waals surface area contributed by atoms with Gasteiger partial charge in [0.1, 0.15) is 17.3 Å². The predicted molar refractivity (Wildman–Crippen MR) is 75.7 cm³/mol. The third kappa shape index (κ3) is 1.72. The van der Waals surface area contributed by atoms with Crippen LogP contribution in [0.5, 0.6) is 0 Å². The molecule has 1 heterocycles. The van der Waals surface area contributed by atoms with Gasteiger partial charge in [-0.3, -0.25) is 4.79 Å². The molecule has 2 aliphatic carbocycles. The normalized spacial score (nSPS) is 26.1. The number of carbonyl (C=O) groups is 1. The average molecular weight is 260 g/mol. The largest absolute Gasteiger partial charge is 0.464 e. The van der Waals surface area contributed by atoms with Crippen molar-refractivity contribution in [1.82, 2.24) is 0 Å². The van der Waals surface area contributed by atoms with Crippen molar-refractivity contribution in [3.63, 3.8) is 0 Å². The number of hydrogen-bond donors (Lipinski definition) is 0. The summed E-state index contributed by atoms with van der Waals surface area (Å²) in [6.45, 7) is 13.1. The van der Waals surface area contributed by atoms with Crippen LogP contribution in [0.2, 0.25) is 0 Å². The van der Waals surface area contributed by atoms with Gasteiger partial charge >= 0.3 is 0 Å². The maximum Gasteiger partial charge on any atom is 0.141 e. The molecule has 1 aromatic rings. The maximum absolute atomic E-state index is 12.0. The zero-order chi connectivity index (χ0) is 14.2. The summed E-state index contributed by atoms with van der Waals surface area (Å²) in [5, 5.41) is 0. The van der Waals surface area contributed by atoms with Gasteiger partial charge in [-0.2, -0.15) is 0 Å². The molecule has 0 spiro atoms. The topological polar surface area (TPSA) is 30.2 Å². The molecule has 0 aliphatic heterocycles. The first-order valence-corrected chi connectivity index (χ1v) is 7.30. The lowest BCUT2D eigenvalue weighted by molar-refractivity contribution is -0.128. The summed E-state index contributed by atoms with van der Waals surface area (Å²) in [6.07, 6.45) is 1.81. The molecule has 104 valence electrons. The second kappa shape index (κ2) is 3.53. The monoisotopic (exact) mass is 260 g/mol. The Balaban J connectivity index is 2.21. The van der Waals surface area contributed by atoms with Crippen LogP contribution < -0.4 is 0 Å². The Hall–Kier alpha value is -1.05. The zero-order valence-corrected chi connectivity index (χ0v) is 12.9. The van der Waals surface area contributed by atoms with Crippen LogP contribution in [0.15, 0.2) is 4.42 Å². The third-order valence-corrected chi connectivity index (χ3v) is 4.47. The molecular formula is C17H24O2. The fourth-order valence-corrected chi connectivity index (χ4v) is 3.63. The predicted octanol–water partition coefficient (Wildman–Crippen LogP) is 4.10. The Morgan fingerprint density at radius 3 is 2.00 bits per heavy atom. The highest BCUT2D eigenvalue weighted by Gasteiger charge is 2.52. The van der Waals surface area contributed by atoms with Crippen molar-refractivity contribution < 1.29 is 9.21 Å². The van der Waals surface area contributed by atoms with Crippen molar-refractivity contribution >= 4 is 5.78 Å². The number of Topliss-reactive ketones (excluding diaryl/α,β-unsaturated/α-hetero) is 1. The highest BCUT2D eigenvalue weighted by Crippen LogP contribution is 2.55. The molecule has 0 amide bonds. The van der Waals surface area contributed by atoms with Crippen LogP contribution in [0, 0.1) is 5.92 Å². The molecule has 2 aliphatic rings. The number of ketones is 1. The Labute approximate surface area is 115 Å². The first kappa shape index (κ1) is 13.0. The van der Waals surface area contributed by atoms with Crippen LogP contribution in [0.1, 0.15) is 76.5 Å². The molecule has 0 radical (unpaired) electrons. The number of carbonyl (C=O) groups excluding carboxylic acids is 1. The van der Waals surface area contributed by atoms with Gasteiger partial charge in [0.25, 0.3) is 0 Å². The van der Waals surface area contributed by atoms with Crippen LogP contribution in [0.25, 0.3) is 0 Å². The second-order valence-electron chi connectivity index (χ2n) is 8.26. The second-order valence-corrected chi connectivity index (χ2v) is 8.26. The van der Waals surface area contributed by atoms with Gasteiger partial charge < -0.3 is 4.42 Å². The van der Waals surface area contributed by atoms with Gasteiger partial charge in [-0.15, -0.1) is 0 Å². The molecule has 0 bridgehead atoms. The Bertz CT molecular complexity index is 549. The van der Waals surface area contributed by atoms with Crippen molar-refractivity contribution in [3.05, 3.63) is 22.6 Å². The van der Waals surface area contributed by atoms with E-state index in [1.54, 1.807) is 0 Å². The van der Waals surface area contributed by atoms with Gasteiger partial charge in [0, 0.05) is 28.7 Å². The zero-order valence-electron chi connectivity index (χ0n) is 12.9. The molecule has 1 fully saturated rings. The van der Waals surface area contributed by atoms with Crippen LogP contribution in [-0.4, -0.2) is 5.78 Å². The number of hydrogen-bond acceptors (Lipinski definition) is 2. The van der Waals surface area contributed by atoms with E-state index in [2.05, 4.69) is 41.5 Å². The molecule has 0 N–H and O–H groups in total. The lowest BCUT2D eigenvalue weighted by Gasteiger charge is -2.31. The summed E-state index contributed by atoms with van der Waals surface area (Å²) in [5.41, 5.74) is 2.58. The summed E-state index contributed by atoms with van der Waals surface area (Å²) < 4.78 is 6.27. The van der Waals surface area contributed by atoms with E-state index in [4.69, 9.17) is 4.42 Å². The van der Waals surface area contributed by atoms with Crippen LogP contribution >= 0.6 is 0 Å². The minimum Gasteiger partial charge on any atom is -0.464 e. The molecule has 1 saturated carbocycles. The van der Waals surface area contributed by atoms with Gasteiger partial charge in [-0.25, -0.2) is 0 Å². The van der Waals surface area contributed by atoms with Gasteiger partial charge in [0.2, 0.25) is 0 Å².